The summed E-state index contributed by atoms with van der Waals surface area (Å²) in [6.45, 7) is 1.99. The fourth-order valence-corrected chi connectivity index (χ4v) is 0.307. The Bertz CT molecular complexity index is 46.9. The van der Waals surface area contributed by atoms with Crippen LogP contribution in [-0.2, 0) is 4.74 Å². The molecule has 3 heteroatoms. The molecule has 0 saturated heterocycles. The van der Waals surface area contributed by atoms with Crippen molar-refractivity contribution in [3.8, 4) is 0 Å². The van der Waals surface area contributed by atoms with Gasteiger partial charge in [-0.2, -0.15) is 0 Å². The Kier molecular flexibility index (Phi) is 4.95. The molecule has 0 radical (unpaired) electrons. The summed E-state index contributed by atoms with van der Waals surface area (Å²) < 4.78 is 4.65. The van der Waals surface area contributed by atoms with Gasteiger partial charge in [-0.3, -0.25) is 0 Å². The van der Waals surface area contributed by atoms with Crippen molar-refractivity contribution in [2.45, 2.75) is 19.6 Å². The normalized spacial score (nSPS) is 13.9. The summed E-state index contributed by atoms with van der Waals surface area (Å²) >= 11 is 0. The topological polar surface area (TPSA) is 49.7 Å². The van der Waals surface area contributed by atoms with Crippen molar-refractivity contribution in [1.29, 1.82) is 0 Å². The maximum absolute atomic E-state index is 8.66. The zero-order valence-electron chi connectivity index (χ0n) is 5.00. The van der Waals surface area contributed by atoms with Gasteiger partial charge in [0.2, 0.25) is 0 Å². The molecule has 2 N–H and O–H groups in total. The molecule has 0 aromatic rings. The van der Waals surface area contributed by atoms with Crippen molar-refractivity contribution < 1.29 is 14.9 Å². The van der Waals surface area contributed by atoms with Crippen LogP contribution in [0.15, 0.2) is 0 Å². The molecule has 0 aromatic carbocycles. The Hall–Kier alpha value is -0.120. The van der Waals surface area contributed by atoms with Crippen LogP contribution in [0.1, 0.15) is 13.3 Å². The van der Waals surface area contributed by atoms with Gasteiger partial charge in [-0.25, -0.2) is 0 Å². The largest absolute Gasteiger partial charge is 0.394 e. The van der Waals surface area contributed by atoms with E-state index in [0.29, 0.717) is 6.42 Å². The molecule has 0 amide bonds. The predicted octanol–water partition coefficient (Wildman–Crippen LogP) is -0.276. The number of aliphatic hydroxyl groups excluding tert-OH is 2. The minimum absolute atomic E-state index is 0.0307. The minimum atomic E-state index is -0.706. The molecule has 1 atom stereocenters. The maximum atomic E-state index is 8.66. The highest BCUT2D eigenvalue weighted by molar-refractivity contribution is 4.32. The molecule has 3 nitrogen and oxygen atoms in total. The highest BCUT2D eigenvalue weighted by Crippen LogP contribution is 1.89. The Morgan fingerprint density at radius 2 is 2.25 bits per heavy atom. The van der Waals surface area contributed by atoms with Crippen molar-refractivity contribution in [3.05, 3.63) is 0 Å². The lowest BCUT2D eigenvalue weighted by atomic mass is 10.5. The second-order valence-corrected chi connectivity index (χ2v) is 1.46. The second-order valence-electron chi connectivity index (χ2n) is 1.46. The average Bonchev–Trinajstić information content (AvgIpc) is 1.83. The fraction of sp³-hybridized carbons (Fsp3) is 1.00. The Labute approximate surface area is 48.9 Å². The van der Waals surface area contributed by atoms with E-state index >= 15 is 0 Å². The zero-order valence-corrected chi connectivity index (χ0v) is 5.00. The molecule has 0 aliphatic heterocycles. The Morgan fingerprint density at radius 1 is 1.62 bits per heavy atom. The van der Waals surface area contributed by atoms with E-state index in [0.717, 1.165) is 0 Å². The van der Waals surface area contributed by atoms with Gasteiger partial charge in [0.1, 0.15) is 0 Å². The number of ether oxygens (including phenoxy) is 1. The van der Waals surface area contributed by atoms with Crippen molar-refractivity contribution in [2.75, 3.05) is 13.2 Å². The fourth-order valence-electron chi connectivity index (χ4n) is 0.307. The van der Waals surface area contributed by atoms with Crippen molar-refractivity contribution in [2.24, 2.45) is 0 Å². The molecule has 0 spiro atoms. The van der Waals surface area contributed by atoms with Crippen LogP contribution in [0.2, 0.25) is 0 Å². The molecule has 0 bridgehead atoms. The van der Waals surface area contributed by atoms with E-state index in [2.05, 4.69) is 4.74 Å². The van der Waals surface area contributed by atoms with Gasteiger partial charge >= 0.3 is 0 Å². The van der Waals surface area contributed by atoms with Gasteiger partial charge in [0.05, 0.1) is 13.2 Å². The molecule has 0 heterocycles. The first-order valence-electron chi connectivity index (χ1n) is 2.71. The highest BCUT2D eigenvalue weighted by Gasteiger charge is 1.96. The Morgan fingerprint density at radius 3 is 2.62 bits per heavy atom. The lowest BCUT2D eigenvalue weighted by Gasteiger charge is -2.06. The van der Waals surface area contributed by atoms with E-state index in [1.165, 1.54) is 0 Å². The molecule has 0 aliphatic rings. The summed E-state index contributed by atoms with van der Waals surface area (Å²) in [5, 5.41) is 16.8. The van der Waals surface area contributed by atoms with Crippen molar-refractivity contribution in [1.82, 2.24) is 0 Å². The van der Waals surface area contributed by atoms with Crippen LogP contribution >= 0.6 is 0 Å². The second kappa shape index (κ2) is 5.03. The first kappa shape index (κ1) is 7.88. The SMILES string of the molecule is CC[C@@H](O)OCCO. The molecule has 0 unspecified atom stereocenters. The standard InChI is InChI=1S/C5H12O3/c1-2-5(7)8-4-3-6/h5-7H,2-4H2,1H3/t5-/m0/s1. The zero-order chi connectivity index (χ0) is 6.41. The number of hydrogen-bond donors (Lipinski definition) is 2. The van der Waals surface area contributed by atoms with Crippen LogP contribution in [0.3, 0.4) is 0 Å². The van der Waals surface area contributed by atoms with Crippen LogP contribution in [-0.4, -0.2) is 29.7 Å². The van der Waals surface area contributed by atoms with Crippen LogP contribution in [0.4, 0.5) is 0 Å². The van der Waals surface area contributed by atoms with Gasteiger partial charge in [-0.15, -0.1) is 0 Å². The average molecular weight is 120 g/mol. The third kappa shape index (κ3) is 4.05. The van der Waals surface area contributed by atoms with Gasteiger partial charge in [-0.05, 0) is 6.42 Å². The molecule has 8 heavy (non-hydrogen) atoms. The Balaban J connectivity index is 2.86. The van der Waals surface area contributed by atoms with Gasteiger partial charge in [0.25, 0.3) is 0 Å². The van der Waals surface area contributed by atoms with Gasteiger partial charge < -0.3 is 14.9 Å². The highest BCUT2D eigenvalue weighted by atomic mass is 16.6. The summed E-state index contributed by atoms with van der Waals surface area (Å²) in [6, 6.07) is 0. The van der Waals surface area contributed by atoms with Crippen LogP contribution < -0.4 is 0 Å². The number of rotatable bonds is 4. The third-order valence-corrected chi connectivity index (χ3v) is 0.751. The predicted molar refractivity (Wildman–Crippen MR) is 29.3 cm³/mol. The molecule has 0 aromatic heterocycles. The lowest BCUT2D eigenvalue weighted by Crippen LogP contribution is -2.12. The molecular formula is C5H12O3. The summed E-state index contributed by atoms with van der Waals surface area (Å²) in [5.41, 5.74) is 0. The molecule has 50 valence electrons. The van der Waals surface area contributed by atoms with Crippen LogP contribution in [0.25, 0.3) is 0 Å². The van der Waals surface area contributed by atoms with E-state index in [-0.39, 0.29) is 13.2 Å². The van der Waals surface area contributed by atoms with Crippen molar-refractivity contribution in [3.63, 3.8) is 0 Å². The van der Waals surface area contributed by atoms with Crippen molar-refractivity contribution >= 4 is 0 Å². The summed E-state index contributed by atoms with van der Waals surface area (Å²) in [4.78, 5) is 0. The van der Waals surface area contributed by atoms with Gasteiger partial charge in [0, 0.05) is 0 Å². The quantitative estimate of drug-likeness (QED) is 0.502. The first-order valence-corrected chi connectivity index (χ1v) is 2.71. The van der Waals surface area contributed by atoms with E-state index in [4.69, 9.17) is 10.2 Å². The smallest absolute Gasteiger partial charge is 0.154 e. The molecule has 0 aliphatic carbocycles. The summed E-state index contributed by atoms with van der Waals surface area (Å²) in [7, 11) is 0. The van der Waals surface area contributed by atoms with Gasteiger partial charge in [0.15, 0.2) is 6.29 Å². The summed E-state index contributed by atoms with van der Waals surface area (Å²) in [6.07, 6.45) is -0.137. The molecular weight excluding hydrogens is 108 g/mol. The molecule has 0 rings (SSSR count). The summed E-state index contributed by atoms with van der Waals surface area (Å²) in [5.74, 6) is 0. The van der Waals surface area contributed by atoms with Crippen LogP contribution in [0.5, 0.6) is 0 Å². The number of aliphatic hydroxyl groups is 2. The maximum Gasteiger partial charge on any atom is 0.154 e. The van der Waals surface area contributed by atoms with E-state index < -0.39 is 6.29 Å². The van der Waals surface area contributed by atoms with Gasteiger partial charge in [-0.1, -0.05) is 6.92 Å². The first-order chi connectivity index (χ1) is 3.81. The molecule has 0 fully saturated rings. The van der Waals surface area contributed by atoms with E-state index in [1.807, 2.05) is 6.92 Å². The third-order valence-electron chi connectivity index (χ3n) is 0.751. The monoisotopic (exact) mass is 120 g/mol. The van der Waals surface area contributed by atoms with Crippen LogP contribution in [0, 0.1) is 0 Å². The van der Waals surface area contributed by atoms with E-state index in [1.54, 1.807) is 0 Å². The lowest BCUT2D eigenvalue weighted by molar-refractivity contribution is -0.107. The molecule has 0 saturated carbocycles. The van der Waals surface area contributed by atoms with E-state index in [9.17, 15) is 0 Å². The minimum Gasteiger partial charge on any atom is -0.394 e. The number of hydrogen-bond acceptors (Lipinski definition) is 3.